The number of aryl methyl sites for hydroxylation is 1. The number of benzene rings is 2. The first-order chi connectivity index (χ1) is 14.7. The van der Waals surface area contributed by atoms with Gasteiger partial charge in [-0.05, 0) is 32.0 Å². The Labute approximate surface area is 174 Å². The van der Waals surface area contributed by atoms with E-state index in [1.54, 1.807) is 31.2 Å². The van der Waals surface area contributed by atoms with E-state index in [-0.39, 0.29) is 0 Å². The third-order valence-electron chi connectivity index (χ3n) is 4.48. The molecule has 0 aliphatic carbocycles. The molecule has 7 nitrogen and oxygen atoms in total. The molecular formula is C21H18F3N3O4. The average Bonchev–Trinajstić information content (AvgIpc) is 3.08. The van der Waals surface area contributed by atoms with Crippen molar-refractivity contribution >= 4 is 34.4 Å². The van der Waals surface area contributed by atoms with Crippen LogP contribution in [0, 0.1) is 24.4 Å². The predicted molar refractivity (Wildman–Crippen MR) is 106 cm³/mol. The predicted octanol–water partition coefficient (Wildman–Crippen LogP) is 3.19. The van der Waals surface area contributed by atoms with E-state index in [1.807, 2.05) is 5.32 Å². The number of para-hydroxylation sites is 1. The number of H-pyrrole nitrogens is 1. The Morgan fingerprint density at radius 1 is 1.06 bits per heavy atom. The van der Waals surface area contributed by atoms with Crippen LogP contribution in [0.5, 0.6) is 0 Å². The molecule has 162 valence electrons. The van der Waals surface area contributed by atoms with Crippen LogP contribution in [0.15, 0.2) is 36.4 Å². The van der Waals surface area contributed by atoms with Crippen LogP contribution in [0.4, 0.5) is 18.9 Å². The lowest BCUT2D eigenvalue weighted by Gasteiger charge is -2.14. The number of ether oxygens (including phenoxy) is 1. The lowest BCUT2D eigenvalue weighted by Crippen LogP contribution is -2.40. The Bertz CT molecular complexity index is 1180. The van der Waals surface area contributed by atoms with Crippen molar-refractivity contribution in [1.82, 2.24) is 10.3 Å². The molecule has 0 saturated heterocycles. The van der Waals surface area contributed by atoms with Crippen molar-refractivity contribution in [2.45, 2.75) is 20.0 Å². The maximum absolute atomic E-state index is 13.6. The summed E-state index contributed by atoms with van der Waals surface area (Å²) in [5.74, 6) is -7.06. The molecule has 0 radical (unpaired) electrons. The number of hydrogen-bond acceptors (Lipinski definition) is 4. The summed E-state index contributed by atoms with van der Waals surface area (Å²) >= 11 is 0. The number of rotatable bonds is 6. The molecule has 1 heterocycles. The number of carbonyl (C=O) groups excluding carboxylic acids is 3. The molecule has 0 spiro atoms. The Kier molecular flexibility index (Phi) is 6.28. The molecule has 0 saturated carbocycles. The van der Waals surface area contributed by atoms with E-state index in [0.717, 1.165) is 11.6 Å². The summed E-state index contributed by atoms with van der Waals surface area (Å²) in [7, 11) is 0. The molecule has 3 aromatic rings. The summed E-state index contributed by atoms with van der Waals surface area (Å²) < 4.78 is 44.9. The molecule has 31 heavy (non-hydrogen) atoms. The molecule has 10 heteroatoms. The standard InChI is InChI=1S/C21H18F3N3O4/c1-10-17(12-5-3-4-6-14(12)26-10)21(30)31-11(2)20(29)25-9-16(28)27-15-8-7-13(22)18(23)19(15)24/h3-8,11,26H,9H2,1-2H3,(H,25,29)(H,27,28). The molecule has 0 aliphatic heterocycles. The van der Waals surface area contributed by atoms with Crippen molar-refractivity contribution in [3.05, 3.63) is 65.1 Å². The number of aromatic nitrogens is 1. The van der Waals surface area contributed by atoms with Gasteiger partial charge in [0, 0.05) is 16.6 Å². The van der Waals surface area contributed by atoms with E-state index >= 15 is 0 Å². The van der Waals surface area contributed by atoms with Crippen LogP contribution >= 0.6 is 0 Å². The van der Waals surface area contributed by atoms with Gasteiger partial charge in [-0.3, -0.25) is 9.59 Å². The summed E-state index contributed by atoms with van der Waals surface area (Å²) in [6.45, 7) is 2.42. The third kappa shape index (κ3) is 4.68. The zero-order chi connectivity index (χ0) is 22.7. The fourth-order valence-corrected chi connectivity index (χ4v) is 2.94. The summed E-state index contributed by atoms with van der Waals surface area (Å²) in [4.78, 5) is 39.6. The zero-order valence-electron chi connectivity index (χ0n) is 16.5. The summed E-state index contributed by atoms with van der Waals surface area (Å²) in [5, 5.41) is 4.88. The first-order valence-corrected chi connectivity index (χ1v) is 9.18. The Morgan fingerprint density at radius 3 is 2.52 bits per heavy atom. The van der Waals surface area contributed by atoms with Crippen LogP contribution in [0.25, 0.3) is 10.9 Å². The maximum Gasteiger partial charge on any atom is 0.341 e. The molecule has 1 unspecified atom stereocenters. The SMILES string of the molecule is Cc1[nH]c2ccccc2c1C(=O)OC(C)C(=O)NCC(=O)Nc1ccc(F)c(F)c1F. The number of esters is 1. The molecule has 1 atom stereocenters. The smallest absolute Gasteiger partial charge is 0.341 e. The van der Waals surface area contributed by atoms with Crippen molar-refractivity contribution in [1.29, 1.82) is 0 Å². The Hall–Kier alpha value is -3.82. The fourth-order valence-electron chi connectivity index (χ4n) is 2.94. The Balaban J connectivity index is 1.57. The van der Waals surface area contributed by atoms with Crippen molar-refractivity contribution in [3.63, 3.8) is 0 Å². The van der Waals surface area contributed by atoms with Crippen molar-refractivity contribution in [2.75, 3.05) is 11.9 Å². The molecule has 3 rings (SSSR count). The fraction of sp³-hybridized carbons (Fsp3) is 0.190. The normalized spacial score (nSPS) is 11.8. The first-order valence-electron chi connectivity index (χ1n) is 9.18. The number of anilines is 1. The second kappa shape index (κ2) is 8.90. The highest BCUT2D eigenvalue weighted by molar-refractivity contribution is 6.06. The number of nitrogens with one attached hydrogen (secondary N) is 3. The van der Waals surface area contributed by atoms with Crippen molar-refractivity contribution in [2.24, 2.45) is 0 Å². The topological polar surface area (TPSA) is 100 Å². The van der Waals surface area contributed by atoms with Gasteiger partial charge in [0.25, 0.3) is 5.91 Å². The maximum atomic E-state index is 13.6. The Morgan fingerprint density at radius 2 is 1.77 bits per heavy atom. The van der Waals surface area contributed by atoms with Gasteiger partial charge < -0.3 is 20.4 Å². The molecule has 0 fully saturated rings. The van der Waals surface area contributed by atoms with Crippen molar-refractivity contribution < 1.29 is 32.3 Å². The first kappa shape index (κ1) is 21.9. The summed E-state index contributed by atoms with van der Waals surface area (Å²) in [6, 6.07) is 8.60. The number of fused-ring (bicyclic) bond motifs is 1. The number of hydrogen-bond donors (Lipinski definition) is 3. The van der Waals surface area contributed by atoms with Gasteiger partial charge in [-0.1, -0.05) is 18.2 Å². The molecule has 1 aromatic heterocycles. The van der Waals surface area contributed by atoms with Gasteiger partial charge in [0.1, 0.15) is 0 Å². The van der Waals surface area contributed by atoms with Gasteiger partial charge in [-0.15, -0.1) is 0 Å². The van der Waals surface area contributed by atoms with Crippen LogP contribution in [0.2, 0.25) is 0 Å². The van der Waals surface area contributed by atoms with Crippen LogP contribution in [0.1, 0.15) is 23.0 Å². The number of halogens is 3. The summed E-state index contributed by atoms with van der Waals surface area (Å²) in [6.07, 6.45) is -1.23. The van der Waals surface area contributed by atoms with Crippen LogP contribution in [-0.4, -0.2) is 35.4 Å². The van der Waals surface area contributed by atoms with E-state index < -0.39 is 53.6 Å². The van der Waals surface area contributed by atoms with Gasteiger partial charge in [0.05, 0.1) is 17.8 Å². The molecular weight excluding hydrogens is 415 g/mol. The lowest BCUT2D eigenvalue weighted by atomic mass is 10.1. The van der Waals surface area contributed by atoms with Crippen LogP contribution in [-0.2, 0) is 14.3 Å². The van der Waals surface area contributed by atoms with E-state index in [1.165, 1.54) is 6.92 Å². The second-order valence-electron chi connectivity index (χ2n) is 6.71. The van der Waals surface area contributed by atoms with Crippen LogP contribution in [0.3, 0.4) is 0 Å². The van der Waals surface area contributed by atoms with Gasteiger partial charge in [-0.25, -0.2) is 18.0 Å². The van der Waals surface area contributed by atoms with Gasteiger partial charge in [-0.2, -0.15) is 0 Å². The minimum Gasteiger partial charge on any atom is -0.449 e. The number of amides is 2. The molecule has 2 aromatic carbocycles. The zero-order valence-corrected chi connectivity index (χ0v) is 16.5. The van der Waals surface area contributed by atoms with E-state index in [0.29, 0.717) is 22.7 Å². The van der Waals surface area contributed by atoms with Gasteiger partial charge in [0.15, 0.2) is 23.6 Å². The minimum atomic E-state index is -1.73. The van der Waals surface area contributed by atoms with E-state index in [2.05, 4.69) is 10.3 Å². The second-order valence-corrected chi connectivity index (χ2v) is 6.71. The van der Waals surface area contributed by atoms with E-state index in [4.69, 9.17) is 4.74 Å². The largest absolute Gasteiger partial charge is 0.449 e. The lowest BCUT2D eigenvalue weighted by molar-refractivity contribution is -0.130. The van der Waals surface area contributed by atoms with E-state index in [9.17, 15) is 27.6 Å². The molecule has 0 bridgehead atoms. The number of carbonyl (C=O) groups is 3. The van der Waals surface area contributed by atoms with Gasteiger partial charge >= 0.3 is 5.97 Å². The van der Waals surface area contributed by atoms with Crippen LogP contribution < -0.4 is 10.6 Å². The summed E-state index contributed by atoms with van der Waals surface area (Å²) in [5.41, 5.74) is 1.03. The molecule has 0 aliphatic rings. The molecule has 2 amide bonds. The minimum absolute atomic E-state index is 0.293. The highest BCUT2D eigenvalue weighted by Gasteiger charge is 2.23. The molecule has 3 N–H and O–H groups in total. The average molecular weight is 433 g/mol. The monoisotopic (exact) mass is 433 g/mol. The highest BCUT2D eigenvalue weighted by Crippen LogP contribution is 2.23. The van der Waals surface area contributed by atoms with Gasteiger partial charge in [0.2, 0.25) is 5.91 Å². The number of aromatic amines is 1. The third-order valence-corrected chi connectivity index (χ3v) is 4.48. The van der Waals surface area contributed by atoms with Crippen molar-refractivity contribution in [3.8, 4) is 0 Å². The quantitative estimate of drug-likeness (QED) is 0.411. The highest BCUT2D eigenvalue weighted by atomic mass is 19.2.